The Morgan fingerprint density at radius 1 is 1.08 bits per heavy atom. The maximum Gasteiger partial charge on any atom is 0.335 e. The molecule has 3 aromatic carbocycles. The van der Waals surface area contributed by atoms with Crippen LogP contribution in [0.4, 0.5) is 5.69 Å². The number of aromatic nitrogens is 1. The molecule has 7 heteroatoms. The summed E-state index contributed by atoms with van der Waals surface area (Å²) in [6.07, 6.45) is 5.89. The Labute approximate surface area is 219 Å². The van der Waals surface area contributed by atoms with Crippen molar-refractivity contribution in [3.05, 3.63) is 77.2 Å². The van der Waals surface area contributed by atoms with Crippen molar-refractivity contribution in [2.24, 2.45) is 5.41 Å². The van der Waals surface area contributed by atoms with Gasteiger partial charge in [-0.3, -0.25) is 0 Å². The van der Waals surface area contributed by atoms with Crippen LogP contribution in [-0.2, 0) is 0 Å². The number of benzene rings is 3. The van der Waals surface area contributed by atoms with Crippen molar-refractivity contribution in [3.8, 4) is 16.3 Å². The molecule has 1 heterocycles. The molecule has 0 radical (unpaired) electrons. The smallest absolute Gasteiger partial charge is 0.335 e. The number of carboxylic acids is 1. The first-order valence-electron chi connectivity index (χ1n) is 11.8. The van der Waals surface area contributed by atoms with Gasteiger partial charge in [0, 0.05) is 22.9 Å². The number of rotatable bonds is 7. The molecule has 0 fully saturated rings. The molecular formula is C29H28N2O3S2. The van der Waals surface area contributed by atoms with E-state index in [1.807, 2.05) is 5.38 Å². The Morgan fingerprint density at radius 2 is 1.86 bits per heavy atom. The van der Waals surface area contributed by atoms with Crippen LogP contribution in [0.2, 0.25) is 0 Å². The van der Waals surface area contributed by atoms with Gasteiger partial charge in [0.25, 0.3) is 0 Å². The van der Waals surface area contributed by atoms with Gasteiger partial charge in [-0.05, 0) is 76.9 Å². The van der Waals surface area contributed by atoms with E-state index in [2.05, 4.69) is 61.0 Å². The quantitative estimate of drug-likeness (QED) is 0.240. The Kier molecular flexibility index (Phi) is 6.77. The summed E-state index contributed by atoms with van der Waals surface area (Å²) in [7, 11) is 1.52. The minimum atomic E-state index is -0.987. The zero-order valence-corrected chi connectivity index (χ0v) is 22.1. The summed E-state index contributed by atoms with van der Waals surface area (Å²) in [4.78, 5) is 16.0. The summed E-state index contributed by atoms with van der Waals surface area (Å²) >= 11 is 2.97. The molecule has 184 valence electrons. The molecule has 0 unspecified atom stereocenters. The molecule has 36 heavy (non-hydrogen) atoms. The van der Waals surface area contributed by atoms with E-state index in [0.717, 1.165) is 28.4 Å². The summed E-state index contributed by atoms with van der Waals surface area (Å²) in [5.41, 5.74) is 5.14. The van der Waals surface area contributed by atoms with E-state index in [4.69, 9.17) is 9.72 Å². The van der Waals surface area contributed by atoms with Crippen LogP contribution in [-0.4, -0.2) is 23.2 Å². The number of nitrogens with one attached hydrogen (secondary N) is 1. The lowest BCUT2D eigenvalue weighted by molar-refractivity contribution is 0.0696. The minimum absolute atomic E-state index is 0.182. The van der Waals surface area contributed by atoms with Crippen molar-refractivity contribution in [2.45, 2.75) is 38.1 Å². The van der Waals surface area contributed by atoms with Gasteiger partial charge in [0.2, 0.25) is 0 Å². The standard InChI is InChI=1S/C29H28N2O3S2/c1-29(2)12-10-19(11-13-29)20-6-4-18-5-7-21(15-23(18)14-20)27-30-26(17-35-27)36-31-24-9-8-22(28(32)33)16-25(24)34-3/h4-10,14-17,31H,11-13H2,1-3H3,(H,32,33). The van der Waals surface area contributed by atoms with E-state index in [9.17, 15) is 9.90 Å². The number of aromatic carboxylic acids is 1. The van der Waals surface area contributed by atoms with Crippen molar-refractivity contribution in [2.75, 3.05) is 11.8 Å². The topological polar surface area (TPSA) is 71.5 Å². The minimum Gasteiger partial charge on any atom is -0.495 e. The van der Waals surface area contributed by atoms with Gasteiger partial charge in [0.1, 0.15) is 15.8 Å². The second-order valence-corrected chi connectivity index (χ2v) is 11.5. The first kappa shape index (κ1) is 24.4. The van der Waals surface area contributed by atoms with E-state index >= 15 is 0 Å². The zero-order valence-electron chi connectivity index (χ0n) is 20.5. The summed E-state index contributed by atoms with van der Waals surface area (Å²) < 4.78 is 8.57. The highest BCUT2D eigenvalue weighted by Gasteiger charge is 2.22. The lowest BCUT2D eigenvalue weighted by Gasteiger charge is -2.28. The van der Waals surface area contributed by atoms with Crippen LogP contribution in [0.25, 0.3) is 26.9 Å². The highest BCUT2D eigenvalue weighted by molar-refractivity contribution is 8.00. The Balaban J connectivity index is 1.33. The normalized spacial score (nSPS) is 14.9. The van der Waals surface area contributed by atoms with Crippen LogP contribution < -0.4 is 9.46 Å². The number of ether oxygens (including phenoxy) is 1. The molecule has 5 nitrogen and oxygen atoms in total. The Morgan fingerprint density at radius 3 is 2.58 bits per heavy atom. The van der Waals surface area contributed by atoms with Crippen molar-refractivity contribution in [3.63, 3.8) is 0 Å². The summed E-state index contributed by atoms with van der Waals surface area (Å²) in [6.45, 7) is 4.68. The SMILES string of the molecule is COc1cc(C(=O)O)ccc1NSc1csc(-c2ccc3ccc(C4=CCC(C)(C)CC4)cc3c2)n1. The molecule has 1 aromatic heterocycles. The molecule has 0 saturated heterocycles. The molecule has 0 bridgehead atoms. The van der Waals surface area contributed by atoms with Crippen molar-refractivity contribution >= 4 is 51.3 Å². The van der Waals surface area contributed by atoms with Crippen LogP contribution in [0.5, 0.6) is 5.75 Å². The average molecular weight is 517 g/mol. The number of anilines is 1. The fraction of sp³-hybridized carbons (Fsp3) is 0.241. The molecule has 1 aliphatic carbocycles. The van der Waals surface area contributed by atoms with Crippen LogP contribution in [0, 0.1) is 5.41 Å². The van der Waals surface area contributed by atoms with E-state index in [0.29, 0.717) is 16.9 Å². The number of carbonyl (C=O) groups is 1. The van der Waals surface area contributed by atoms with Crippen LogP contribution in [0.1, 0.15) is 49.0 Å². The van der Waals surface area contributed by atoms with Crippen LogP contribution >= 0.6 is 23.3 Å². The number of allylic oxidation sites excluding steroid dienone is 2. The third-order valence-corrected chi connectivity index (χ3v) is 8.41. The lowest BCUT2D eigenvalue weighted by Crippen LogP contribution is -2.13. The van der Waals surface area contributed by atoms with Crippen molar-refractivity contribution < 1.29 is 14.6 Å². The second kappa shape index (κ2) is 9.99. The summed E-state index contributed by atoms with van der Waals surface area (Å²) in [5.74, 6) is -0.515. The molecular weight excluding hydrogens is 488 g/mol. The zero-order chi connectivity index (χ0) is 25.3. The van der Waals surface area contributed by atoms with E-state index in [-0.39, 0.29) is 5.56 Å². The highest BCUT2D eigenvalue weighted by atomic mass is 32.2. The Bertz CT molecular complexity index is 1470. The van der Waals surface area contributed by atoms with Crippen molar-refractivity contribution in [1.82, 2.24) is 4.98 Å². The van der Waals surface area contributed by atoms with Crippen LogP contribution in [0.3, 0.4) is 0 Å². The Hall–Kier alpha value is -3.29. The number of thiazole rings is 1. The molecule has 1 aliphatic rings. The maximum absolute atomic E-state index is 11.2. The lowest BCUT2D eigenvalue weighted by atomic mass is 9.77. The molecule has 4 aromatic rings. The van der Waals surface area contributed by atoms with Gasteiger partial charge in [-0.2, -0.15) is 0 Å². The monoisotopic (exact) mass is 516 g/mol. The fourth-order valence-electron chi connectivity index (χ4n) is 4.37. The van der Waals surface area contributed by atoms with Crippen molar-refractivity contribution in [1.29, 1.82) is 0 Å². The molecule has 0 atom stereocenters. The molecule has 0 saturated carbocycles. The van der Waals surface area contributed by atoms with Gasteiger partial charge in [-0.15, -0.1) is 11.3 Å². The average Bonchev–Trinajstić information content (AvgIpc) is 3.35. The van der Waals surface area contributed by atoms with Gasteiger partial charge in [0.05, 0.1) is 18.4 Å². The molecule has 0 amide bonds. The van der Waals surface area contributed by atoms with Gasteiger partial charge in [0.15, 0.2) is 0 Å². The van der Waals surface area contributed by atoms with E-state index in [1.165, 1.54) is 53.5 Å². The van der Waals surface area contributed by atoms with Crippen LogP contribution in [0.15, 0.2) is 71.1 Å². The second-order valence-electron chi connectivity index (χ2n) is 9.79. The number of carboxylic acid groups (broad SMARTS) is 1. The van der Waals surface area contributed by atoms with Gasteiger partial charge in [-0.1, -0.05) is 44.2 Å². The predicted molar refractivity (Wildman–Crippen MR) is 150 cm³/mol. The molecule has 0 spiro atoms. The first-order chi connectivity index (χ1) is 17.3. The third-order valence-electron chi connectivity index (χ3n) is 6.63. The highest BCUT2D eigenvalue weighted by Crippen LogP contribution is 2.39. The maximum atomic E-state index is 11.2. The van der Waals surface area contributed by atoms with Gasteiger partial charge < -0.3 is 14.6 Å². The largest absolute Gasteiger partial charge is 0.495 e. The predicted octanol–water partition coefficient (Wildman–Crippen LogP) is 8.38. The third kappa shape index (κ3) is 5.27. The summed E-state index contributed by atoms with van der Waals surface area (Å²) in [5, 5.41) is 15.4. The van der Waals surface area contributed by atoms with Gasteiger partial charge in [-0.25, -0.2) is 9.78 Å². The number of hydrogen-bond donors (Lipinski definition) is 2. The number of fused-ring (bicyclic) bond motifs is 1. The summed E-state index contributed by atoms with van der Waals surface area (Å²) in [6, 6.07) is 18.0. The fourth-order valence-corrected chi connectivity index (χ4v) is 5.97. The number of hydrogen-bond acceptors (Lipinski definition) is 6. The number of methoxy groups -OCH3 is 1. The number of nitrogens with zero attached hydrogens (tertiary/aromatic N) is 1. The van der Waals surface area contributed by atoms with Gasteiger partial charge >= 0.3 is 5.97 Å². The van der Waals surface area contributed by atoms with E-state index in [1.54, 1.807) is 23.5 Å². The molecule has 5 rings (SSSR count). The molecule has 2 N–H and O–H groups in total. The molecule has 0 aliphatic heterocycles. The van der Waals surface area contributed by atoms with E-state index < -0.39 is 5.97 Å². The first-order valence-corrected chi connectivity index (χ1v) is 13.5.